The van der Waals surface area contributed by atoms with Gasteiger partial charge in [-0.2, -0.15) is 5.26 Å². The van der Waals surface area contributed by atoms with Crippen LogP contribution in [0.3, 0.4) is 0 Å². The summed E-state index contributed by atoms with van der Waals surface area (Å²) < 4.78 is 22.8. The van der Waals surface area contributed by atoms with Gasteiger partial charge in [0.15, 0.2) is 11.7 Å². The number of methoxy groups -OCH3 is 1. The van der Waals surface area contributed by atoms with E-state index in [-0.39, 0.29) is 31.5 Å². The minimum absolute atomic E-state index is 0.0305. The number of nitrogens with one attached hydrogen (secondary N) is 3. The lowest BCUT2D eigenvalue weighted by Crippen LogP contribution is -2.59. The third kappa shape index (κ3) is 9.50. The van der Waals surface area contributed by atoms with Crippen molar-refractivity contribution in [1.82, 2.24) is 25.5 Å². The summed E-state index contributed by atoms with van der Waals surface area (Å²) in [5, 5.41) is 21.2. The molecule has 16 heteroatoms. The molecule has 3 N–H and O–H groups in total. The first-order chi connectivity index (χ1) is 26.3. The van der Waals surface area contributed by atoms with E-state index in [0.717, 1.165) is 5.13 Å². The normalized spacial score (nSPS) is 21.1. The fraction of sp³-hybridized carbons (Fsp3) is 0.525. The molecule has 3 amide bonds. The summed E-state index contributed by atoms with van der Waals surface area (Å²) >= 11 is 1.43. The van der Waals surface area contributed by atoms with Crippen LogP contribution in [-0.4, -0.2) is 94.4 Å². The highest BCUT2D eigenvalue weighted by Gasteiger charge is 2.62. The van der Waals surface area contributed by atoms with Crippen LogP contribution in [0, 0.1) is 22.7 Å². The topological polar surface area (TPSA) is 194 Å². The fourth-order valence-corrected chi connectivity index (χ4v) is 7.45. The molecule has 1 saturated heterocycles. The number of likely N-dealkylation sites (tertiary alicyclic amines) is 1. The number of hydrogen-bond donors (Lipinski definition) is 3. The van der Waals surface area contributed by atoms with Crippen LogP contribution in [-0.2, 0) is 23.9 Å². The Morgan fingerprint density at radius 1 is 1.12 bits per heavy atom. The van der Waals surface area contributed by atoms with E-state index in [0.29, 0.717) is 40.2 Å². The van der Waals surface area contributed by atoms with Gasteiger partial charge in [0.1, 0.15) is 52.6 Å². The van der Waals surface area contributed by atoms with Gasteiger partial charge >= 0.3 is 12.1 Å². The van der Waals surface area contributed by atoms with E-state index < -0.39 is 58.6 Å². The van der Waals surface area contributed by atoms with Crippen LogP contribution < -0.4 is 25.4 Å². The van der Waals surface area contributed by atoms with Gasteiger partial charge in [0.25, 0.3) is 0 Å². The van der Waals surface area contributed by atoms with Gasteiger partial charge in [0.2, 0.25) is 11.8 Å². The number of aromatic nitrogens is 2. The largest absolute Gasteiger partial charge is 0.488 e. The number of pyridine rings is 1. The Hall–Kier alpha value is -5.43. The summed E-state index contributed by atoms with van der Waals surface area (Å²) in [6.45, 7) is 18.2. The molecule has 0 bridgehead atoms. The summed E-state index contributed by atoms with van der Waals surface area (Å²) in [4.78, 5) is 65.8. The summed E-state index contributed by atoms with van der Waals surface area (Å²) in [7, 11) is 1.25. The van der Waals surface area contributed by atoms with Gasteiger partial charge in [-0.1, -0.05) is 26.8 Å². The van der Waals surface area contributed by atoms with Crippen molar-refractivity contribution in [3.63, 3.8) is 0 Å². The van der Waals surface area contributed by atoms with Crippen LogP contribution in [0.4, 0.5) is 9.93 Å². The molecule has 1 aliphatic heterocycles. The van der Waals surface area contributed by atoms with Gasteiger partial charge in [-0.15, -0.1) is 17.9 Å². The molecule has 1 aromatic carbocycles. The number of thiazole rings is 1. The van der Waals surface area contributed by atoms with Gasteiger partial charge < -0.3 is 39.8 Å². The number of amides is 3. The molecule has 300 valence electrons. The Kier molecular flexibility index (Phi) is 12.2. The summed E-state index contributed by atoms with van der Waals surface area (Å²) in [5.74, 6) is -1.20. The highest BCUT2D eigenvalue weighted by atomic mass is 32.1. The lowest BCUT2D eigenvalue weighted by atomic mass is 9.85. The van der Waals surface area contributed by atoms with Crippen LogP contribution in [0.2, 0.25) is 0 Å². The number of nitriles is 1. The maximum absolute atomic E-state index is 14.6. The number of benzene rings is 1. The summed E-state index contributed by atoms with van der Waals surface area (Å²) in [5.41, 5.74) is -1.31. The molecule has 1 aliphatic carbocycles. The highest BCUT2D eigenvalue weighted by Crippen LogP contribution is 2.46. The van der Waals surface area contributed by atoms with E-state index in [9.17, 15) is 19.2 Å². The monoisotopic (exact) mass is 789 g/mol. The highest BCUT2D eigenvalue weighted by molar-refractivity contribution is 7.14. The molecule has 2 fully saturated rings. The molecule has 2 aliphatic rings. The molecule has 3 aromatic rings. The Balaban J connectivity index is 1.53. The van der Waals surface area contributed by atoms with Gasteiger partial charge in [-0.05, 0) is 58.6 Å². The third-order valence-corrected chi connectivity index (χ3v) is 10.1. The predicted octanol–water partition coefficient (Wildman–Crippen LogP) is 5.60. The number of carbonyl (C=O) groups is 4. The molecule has 1 saturated carbocycles. The molecule has 15 nitrogen and oxygen atoms in total. The Morgan fingerprint density at radius 3 is 2.46 bits per heavy atom. The Morgan fingerprint density at radius 2 is 1.86 bits per heavy atom. The number of anilines is 1. The first kappa shape index (κ1) is 41.7. The van der Waals surface area contributed by atoms with Gasteiger partial charge in [-0.25, -0.2) is 19.6 Å². The second-order valence-corrected chi connectivity index (χ2v) is 17.3. The summed E-state index contributed by atoms with van der Waals surface area (Å²) in [6, 6.07) is 6.89. The zero-order valence-electron chi connectivity index (χ0n) is 33.3. The predicted molar refractivity (Wildman–Crippen MR) is 211 cm³/mol. The first-order valence-corrected chi connectivity index (χ1v) is 19.3. The molecule has 0 radical (unpaired) electrons. The van der Waals surface area contributed by atoms with Gasteiger partial charge in [-0.3, -0.25) is 9.59 Å². The van der Waals surface area contributed by atoms with E-state index >= 15 is 0 Å². The van der Waals surface area contributed by atoms with Crippen molar-refractivity contribution >= 4 is 51.2 Å². The maximum atomic E-state index is 14.6. The number of esters is 1. The number of carbonyl (C=O) groups excluding carboxylic acids is 4. The Bertz CT molecular complexity index is 2030. The minimum atomic E-state index is -1.31. The lowest BCUT2D eigenvalue weighted by molar-refractivity contribution is -0.148. The number of alkyl carbamates (subject to hydrolysis) is 1. The average Bonchev–Trinajstić information content (AvgIpc) is 3.39. The third-order valence-electron chi connectivity index (χ3n) is 9.34. The van der Waals surface area contributed by atoms with Gasteiger partial charge in [0.05, 0.1) is 24.9 Å². The number of ether oxygens (including phenoxy) is 4. The lowest BCUT2D eigenvalue weighted by Gasteiger charge is -2.36. The maximum Gasteiger partial charge on any atom is 0.408 e. The van der Waals surface area contributed by atoms with Crippen molar-refractivity contribution in [3.05, 3.63) is 42.3 Å². The quantitative estimate of drug-likeness (QED) is 0.144. The zero-order valence-corrected chi connectivity index (χ0v) is 34.2. The van der Waals surface area contributed by atoms with Crippen molar-refractivity contribution in [2.45, 2.75) is 104 Å². The van der Waals surface area contributed by atoms with Crippen molar-refractivity contribution in [2.24, 2.45) is 11.3 Å². The van der Waals surface area contributed by atoms with Crippen molar-refractivity contribution < 1.29 is 38.1 Å². The summed E-state index contributed by atoms with van der Waals surface area (Å²) in [6.07, 6.45) is 0.448. The van der Waals surface area contributed by atoms with Crippen LogP contribution >= 0.6 is 11.3 Å². The zero-order chi connectivity index (χ0) is 41.2. The van der Waals surface area contributed by atoms with Crippen molar-refractivity contribution in [1.29, 1.82) is 5.26 Å². The average molecular weight is 790 g/mol. The number of fused-ring (bicyclic) bond motifs is 1. The number of hydrogen-bond acceptors (Lipinski definition) is 13. The van der Waals surface area contributed by atoms with E-state index in [2.05, 4.69) is 22.5 Å². The standard InChI is InChI=1S/C40H51N7O8S/c1-11-23-19-40(23,35(50)52-10)46-33(48)30-17-25(20-47(30)34(49)32(38(4,5)6)45-37(51)55-39(7,8)9)54-31-18-28(29-21-56-36(44-29)42-22(2)3)43-27-16-24(53-15-14-41)12-13-26(27)31/h11-13,16,18,21-23,25,30,32H,1,15,17,19-20H2,2-10H3,(H,42,44)(H,45,51)(H,46,48)/t23-,25+,30+,32-,40-/m1/s1. The Labute approximate surface area is 331 Å². The van der Waals surface area contributed by atoms with E-state index in [4.69, 9.17) is 34.2 Å². The smallest absolute Gasteiger partial charge is 0.408 e. The molecular formula is C40H51N7O8S. The molecule has 2 aromatic heterocycles. The van der Waals surface area contributed by atoms with E-state index in [1.54, 1.807) is 71.9 Å². The molecule has 5 rings (SSSR count). The second kappa shape index (κ2) is 16.4. The molecule has 3 heterocycles. The van der Waals surface area contributed by atoms with E-state index in [1.165, 1.54) is 23.3 Å². The van der Waals surface area contributed by atoms with Gasteiger partial charge in [0, 0.05) is 41.3 Å². The molecular weight excluding hydrogens is 739 g/mol. The minimum Gasteiger partial charge on any atom is -0.488 e. The van der Waals surface area contributed by atoms with Crippen molar-refractivity contribution in [2.75, 3.05) is 25.6 Å². The molecule has 0 unspecified atom stereocenters. The molecule has 56 heavy (non-hydrogen) atoms. The molecule has 0 spiro atoms. The van der Waals surface area contributed by atoms with E-state index in [1.807, 2.05) is 25.3 Å². The van der Waals surface area contributed by atoms with Crippen LogP contribution in [0.1, 0.15) is 68.2 Å². The first-order valence-electron chi connectivity index (χ1n) is 18.4. The van der Waals surface area contributed by atoms with Crippen LogP contribution in [0.5, 0.6) is 11.5 Å². The number of rotatable bonds is 13. The fourth-order valence-electron chi connectivity index (χ4n) is 6.60. The van der Waals surface area contributed by atoms with Crippen LogP contribution in [0.15, 0.2) is 42.3 Å². The van der Waals surface area contributed by atoms with Crippen LogP contribution in [0.25, 0.3) is 22.3 Å². The molecule has 5 atom stereocenters. The number of nitrogens with zero attached hydrogens (tertiary/aromatic N) is 4. The van der Waals surface area contributed by atoms with Crippen molar-refractivity contribution in [3.8, 4) is 29.0 Å². The second-order valence-electron chi connectivity index (χ2n) is 16.4. The SMILES string of the molecule is C=C[C@@H]1C[C@]1(NC(=O)[C@@H]1C[C@H](Oc2cc(-c3csc(NC(C)C)n3)nc3cc(OCC#N)ccc23)CN1C(=O)[C@@H](NC(=O)OC(C)(C)C)C(C)(C)C)C(=O)OC.